The largest absolute Gasteiger partial charge is 0.135 e. The molecule has 6 aromatic carbocycles. The van der Waals surface area contributed by atoms with E-state index in [4.69, 9.17) is 0 Å². The van der Waals surface area contributed by atoms with Gasteiger partial charge in [0.25, 0.3) is 0 Å². The van der Waals surface area contributed by atoms with E-state index in [-0.39, 0.29) is 0 Å². The summed E-state index contributed by atoms with van der Waals surface area (Å²) in [6.45, 7) is 0. The molecular formula is C37H24S. The molecule has 0 unspecified atom stereocenters. The fraction of sp³-hybridized carbons (Fsp3) is 0.0270. The van der Waals surface area contributed by atoms with Crippen LogP contribution in [0.1, 0.15) is 22.3 Å². The molecule has 38 heavy (non-hydrogen) atoms. The van der Waals surface area contributed by atoms with E-state index in [2.05, 4.69) is 133 Å². The molecule has 1 aromatic heterocycles. The Morgan fingerprint density at radius 3 is 2.16 bits per heavy atom. The van der Waals surface area contributed by atoms with E-state index in [9.17, 15) is 0 Å². The summed E-state index contributed by atoms with van der Waals surface area (Å²) < 4.78 is 2.71. The molecule has 0 aliphatic heterocycles. The third kappa shape index (κ3) is 3.29. The molecule has 1 heterocycles. The zero-order valence-corrected chi connectivity index (χ0v) is 21.6. The Kier molecular flexibility index (Phi) is 4.86. The van der Waals surface area contributed by atoms with Crippen molar-refractivity contribution in [2.75, 3.05) is 0 Å². The van der Waals surface area contributed by atoms with Gasteiger partial charge in [-0.2, -0.15) is 0 Å². The van der Waals surface area contributed by atoms with Crippen LogP contribution in [0.15, 0.2) is 133 Å². The van der Waals surface area contributed by atoms with Gasteiger partial charge in [-0.05, 0) is 67.6 Å². The van der Waals surface area contributed by atoms with Gasteiger partial charge in [-0.15, -0.1) is 11.3 Å². The number of hydrogen-bond acceptors (Lipinski definition) is 1. The van der Waals surface area contributed by atoms with Crippen molar-refractivity contribution in [1.29, 1.82) is 0 Å². The molecule has 8 rings (SSSR count). The third-order valence-electron chi connectivity index (χ3n) is 7.95. The lowest BCUT2D eigenvalue weighted by Crippen LogP contribution is -2.29. The molecule has 0 bridgehead atoms. The second-order valence-electron chi connectivity index (χ2n) is 10.1. The fourth-order valence-electron chi connectivity index (χ4n) is 6.18. The predicted molar refractivity (Wildman–Crippen MR) is 163 cm³/mol. The predicted octanol–water partition coefficient (Wildman–Crippen LogP) is 8.21. The maximum Gasteiger partial charge on any atom is 0.0434 e. The van der Waals surface area contributed by atoms with Crippen molar-refractivity contribution in [2.24, 2.45) is 0 Å². The standard InChI is InChI=1S/C37H24S/c1-2-11-25-22-27(21-20-24(25)10-1)34-23-26-12-3-4-13-28(26)36(31-16-6-5-14-29(31)34)33-18-9-17-32-30-15-7-8-19-35(30)38-37(32)33/h1-22H,23H2. The molecule has 0 N–H and O–H groups in total. The van der Waals surface area contributed by atoms with Crippen molar-refractivity contribution in [1.82, 2.24) is 0 Å². The van der Waals surface area contributed by atoms with Gasteiger partial charge in [-0.25, -0.2) is 0 Å². The Bertz CT molecular complexity index is 2160. The van der Waals surface area contributed by atoms with Crippen LogP contribution in [0.4, 0.5) is 0 Å². The molecule has 0 amide bonds. The normalized spacial score (nSPS) is 13.1. The van der Waals surface area contributed by atoms with Gasteiger partial charge >= 0.3 is 0 Å². The first-order chi connectivity index (χ1) is 18.8. The SMILES string of the molecule is c1ccc2c(c1)CC(c1ccc3ccccc3c1)=c1ccccc1=C2c1cccc2c1sc1ccccc12. The van der Waals surface area contributed by atoms with Crippen molar-refractivity contribution in [3.05, 3.63) is 166 Å². The highest BCUT2D eigenvalue weighted by Gasteiger charge is 2.20. The number of thiophene rings is 1. The van der Waals surface area contributed by atoms with Crippen molar-refractivity contribution in [2.45, 2.75) is 6.42 Å². The van der Waals surface area contributed by atoms with E-state index >= 15 is 0 Å². The number of benzene rings is 6. The molecule has 0 nitrogen and oxygen atoms in total. The minimum Gasteiger partial charge on any atom is -0.135 e. The summed E-state index contributed by atoms with van der Waals surface area (Å²) in [5.74, 6) is 0. The Hall–Kier alpha value is -4.46. The molecule has 178 valence electrons. The average molecular weight is 501 g/mol. The smallest absolute Gasteiger partial charge is 0.0434 e. The van der Waals surface area contributed by atoms with Gasteiger partial charge in [0.15, 0.2) is 0 Å². The van der Waals surface area contributed by atoms with Crippen LogP contribution in [0.3, 0.4) is 0 Å². The maximum atomic E-state index is 2.36. The summed E-state index contributed by atoms with van der Waals surface area (Å²) >= 11 is 1.91. The maximum absolute atomic E-state index is 2.36. The van der Waals surface area contributed by atoms with Gasteiger partial charge in [-0.1, -0.05) is 121 Å². The van der Waals surface area contributed by atoms with Crippen LogP contribution >= 0.6 is 11.3 Å². The van der Waals surface area contributed by atoms with Gasteiger partial charge in [0.2, 0.25) is 0 Å². The third-order valence-corrected chi connectivity index (χ3v) is 9.17. The van der Waals surface area contributed by atoms with Crippen molar-refractivity contribution >= 4 is 53.4 Å². The van der Waals surface area contributed by atoms with Gasteiger partial charge in [0.05, 0.1) is 0 Å². The van der Waals surface area contributed by atoms with E-state index in [1.807, 2.05) is 11.3 Å². The van der Waals surface area contributed by atoms with E-state index in [1.54, 1.807) is 0 Å². The Balaban J connectivity index is 1.53. The topological polar surface area (TPSA) is 0 Å². The molecule has 1 aliphatic carbocycles. The van der Waals surface area contributed by atoms with Crippen LogP contribution in [0.25, 0.3) is 42.1 Å². The minimum atomic E-state index is 0.900. The number of hydrogen-bond donors (Lipinski definition) is 0. The Labute approximate surface area is 225 Å². The van der Waals surface area contributed by atoms with Gasteiger partial charge < -0.3 is 0 Å². The zero-order chi connectivity index (χ0) is 25.1. The first-order valence-electron chi connectivity index (χ1n) is 13.2. The summed E-state index contributed by atoms with van der Waals surface area (Å²) in [7, 11) is 0. The molecule has 0 saturated heterocycles. The fourth-order valence-corrected chi connectivity index (χ4v) is 7.40. The highest BCUT2D eigenvalue weighted by atomic mass is 32.1. The lowest BCUT2D eigenvalue weighted by Gasteiger charge is -2.14. The van der Waals surface area contributed by atoms with Crippen molar-refractivity contribution < 1.29 is 0 Å². The number of fused-ring (bicyclic) bond motifs is 6. The van der Waals surface area contributed by atoms with E-state index < -0.39 is 0 Å². The van der Waals surface area contributed by atoms with Gasteiger partial charge in [0.1, 0.15) is 0 Å². The Morgan fingerprint density at radius 1 is 0.500 bits per heavy atom. The van der Waals surface area contributed by atoms with Gasteiger partial charge in [0, 0.05) is 25.7 Å². The monoisotopic (exact) mass is 500 g/mol. The quantitative estimate of drug-likeness (QED) is 0.224. The van der Waals surface area contributed by atoms with Crippen LogP contribution in [-0.2, 0) is 6.42 Å². The molecule has 1 aliphatic rings. The first kappa shape index (κ1) is 21.6. The second-order valence-corrected chi connectivity index (χ2v) is 11.1. The molecule has 7 aromatic rings. The van der Waals surface area contributed by atoms with Crippen LogP contribution in [0.2, 0.25) is 0 Å². The van der Waals surface area contributed by atoms with Crippen LogP contribution < -0.4 is 10.4 Å². The number of rotatable bonds is 2. The molecule has 0 radical (unpaired) electrons. The lowest BCUT2D eigenvalue weighted by atomic mass is 9.90. The summed E-state index contributed by atoms with van der Waals surface area (Å²) in [5.41, 5.74) is 8.05. The first-order valence-corrected chi connectivity index (χ1v) is 14.0. The highest BCUT2D eigenvalue weighted by Crippen LogP contribution is 2.40. The molecule has 0 fully saturated rings. The van der Waals surface area contributed by atoms with E-state index in [1.165, 1.54) is 74.8 Å². The average Bonchev–Trinajstić information content (AvgIpc) is 3.29. The molecule has 0 saturated carbocycles. The van der Waals surface area contributed by atoms with E-state index in [0.29, 0.717) is 0 Å². The summed E-state index contributed by atoms with van der Waals surface area (Å²) in [5, 5.41) is 7.88. The Morgan fingerprint density at radius 2 is 1.21 bits per heavy atom. The van der Waals surface area contributed by atoms with Crippen LogP contribution in [0, 0.1) is 0 Å². The molecule has 0 spiro atoms. The summed E-state index contributed by atoms with van der Waals surface area (Å²) in [6.07, 6.45) is 0.900. The highest BCUT2D eigenvalue weighted by molar-refractivity contribution is 7.26. The molecular weight excluding hydrogens is 476 g/mol. The van der Waals surface area contributed by atoms with Crippen molar-refractivity contribution in [3.8, 4) is 0 Å². The van der Waals surface area contributed by atoms with Crippen molar-refractivity contribution in [3.63, 3.8) is 0 Å². The summed E-state index contributed by atoms with van der Waals surface area (Å²) in [6, 6.07) is 49.2. The second kappa shape index (κ2) is 8.55. The zero-order valence-electron chi connectivity index (χ0n) is 20.8. The molecule has 0 atom stereocenters. The van der Waals surface area contributed by atoms with Crippen LogP contribution in [-0.4, -0.2) is 0 Å². The van der Waals surface area contributed by atoms with E-state index in [0.717, 1.165) is 6.42 Å². The minimum absolute atomic E-state index is 0.900. The summed E-state index contributed by atoms with van der Waals surface area (Å²) in [4.78, 5) is 0. The van der Waals surface area contributed by atoms with Gasteiger partial charge in [-0.3, -0.25) is 0 Å². The van der Waals surface area contributed by atoms with Crippen LogP contribution in [0.5, 0.6) is 0 Å². The molecule has 1 heteroatoms. The lowest BCUT2D eigenvalue weighted by molar-refractivity contribution is 1.26.